The van der Waals surface area contributed by atoms with Gasteiger partial charge >= 0.3 is 0 Å². The Morgan fingerprint density at radius 1 is 0.882 bits per heavy atom. The van der Waals surface area contributed by atoms with Crippen LogP contribution in [0.4, 0.5) is 5.69 Å². The maximum Gasteiger partial charge on any atom is 0.0363 e. The summed E-state index contributed by atoms with van der Waals surface area (Å²) in [5.74, 6) is 0. The highest BCUT2D eigenvalue weighted by Gasteiger charge is 1.99. The molecule has 0 saturated heterocycles. The normalized spacial score (nSPS) is 10.5. The highest BCUT2D eigenvalue weighted by atomic mass is 15.1. The standard InChI is InChI=1S/C16H27N/c1-4-5-6-7-8-9-14-17(3)16-12-10-15(2)11-13-16/h10-13H,4-9,14H2,1-3H3. The Morgan fingerprint density at radius 2 is 1.47 bits per heavy atom. The Labute approximate surface area is 107 Å². The SMILES string of the molecule is CCCCCCCCN(C)c1ccc(C)cc1. The van der Waals surface area contributed by atoms with E-state index in [1.165, 1.54) is 56.3 Å². The minimum Gasteiger partial charge on any atom is -0.375 e. The summed E-state index contributed by atoms with van der Waals surface area (Å²) >= 11 is 0. The third-order valence-electron chi connectivity index (χ3n) is 3.32. The molecule has 0 saturated carbocycles. The van der Waals surface area contributed by atoms with Crippen LogP contribution in [0.2, 0.25) is 0 Å². The van der Waals surface area contributed by atoms with Crippen LogP contribution in [0, 0.1) is 6.92 Å². The molecule has 1 aromatic rings. The molecule has 0 radical (unpaired) electrons. The number of rotatable bonds is 8. The van der Waals surface area contributed by atoms with E-state index >= 15 is 0 Å². The Morgan fingerprint density at radius 3 is 2.12 bits per heavy atom. The molecular weight excluding hydrogens is 206 g/mol. The zero-order valence-corrected chi connectivity index (χ0v) is 11.7. The van der Waals surface area contributed by atoms with Gasteiger partial charge < -0.3 is 4.90 Å². The second-order valence-electron chi connectivity index (χ2n) is 5.02. The van der Waals surface area contributed by atoms with Crippen LogP contribution < -0.4 is 4.90 Å². The second-order valence-corrected chi connectivity index (χ2v) is 5.02. The maximum absolute atomic E-state index is 2.36. The van der Waals surface area contributed by atoms with Gasteiger partial charge in [0.2, 0.25) is 0 Å². The summed E-state index contributed by atoms with van der Waals surface area (Å²) in [4.78, 5) is 2.36. The summed E-state index contributed by atoms with van der Waals surface area (Å²) < 4.78 is 0. The summed E-state index contributed by atoms with van der Waals surface area (Å²) in [5.41, 5.74) is 2.67. The van der Waals surface area contributed by atoms with Crippen LogP contribution in [0.3, 0.4) is 0 Å². The number of hydrogen-bond acceptors (Lipinski definition) is 1. The van der Waals surface area contributed by atoms with Gasteiger partial charge in [-0.2, -0.15) is 0 Å². The molecule has 1 rings (SSSR count). The molecule has 0 unspecified atom stereocenters. The van der Waals surface area contributed by atoms with Crippen molar-refractivity contribution in [1.29, 1.82) is 0 Å². The molecule has 0 aliphatic rings. The van der Waals surface area contributed by atoms with E-state index in [2.05, 4.69) is 50.1 Å². The van der Waals surface area contributed by atoms with Crippen molar-refractivity contribution < 1.29 is 0 Å². The molecule has 0 aliphatic carbocycles. The Bertz CT molecular complexity index is 289. The zero-order valence-electron chi connectivity index (χ0n) is 11.7. The summed E-state index contributed by atoms with van der Waals surface area (Å²) in [6.07, 6.45) is 8.22. The molecule has 0 aromatic heterocycles. The van der Waals surface area contributed by atoms with Crippen LogP contribution in [0.5, 0.6) is 0 Å². The van der Waals surface area contributed by atoms with Gasteiger partial charge in [0.25, 0.3) is 0 Å². The third kappa shape index (κ3) is 5.76. The lowest BCUT2D eigenvalue weighted by Crippen LogP contribution is -2.18. The highest BCUT2D eigenvalue weighted by Crippen LogP contribution is 2.14. The molecule has 0 heterocycles. The molecule has 0 N–H and O–H groups in total. The average Bonchev–Trinajstić information content (AvgIpc) is 2.34. The fraction of sp³-hybridized carbons (Fsp3) is 0.625. The van der Waals surface area contributed by atoms with Crippen molar-refractivity contribution in [3.63, 3.8) is 0 Å². The first-order valence-electron chi connectivity index (χ1n) is 7.02. The Balaban J connectivity index is 2.16. The maximum atomic E-state index is 2.36. The number of hydrogen-bond donors (Lipinski definition) is 0. The molecule has 0 spiro atoms. The number of unbranched alkanes of at least 4 members (excludes halogenated alkanes) is 5. The van der Waals surface area contributed by atoms with Gasteiger partial charge in [-0.15, -0.1) is 0 Å². The first-order valence-corrected chi connectivity index (χ1v) is 7.02. The third-order valence-corrected chi connectivity index (χ3v) is 3.32. The first-order chi connectivity index (χ1) is 8.24. The van der Waals surface area contributed by atoms with Crippen molar-refractivity contribution in [2.45, 2.75) is 52.4 Å². The second kappa shape index (κ2) is 8.16. The van der Waals surface area contributed by atoms with Crippen molar-refractivity contribution in [3.8, 4) is 0 Å². The lowest BCUT2D eigenvalue weighted by Gasteiger charge is -2.19. The van der Waals surface area contributed by atoms with Crippen LogP contribution >= 0.6 is 0 Å². The van der Waals surface area contributed by atoms with Gasteiger partial charge in [0.15, 0.2) is 0 Å². The lowest BCUT2D eigenvalue weighted by atomic mass is 10.1. The quantitative estimate of drug-likeness (QED) is 0.583. The van der Waals surface area contributed by atoms with Crippen LogP contribution in [-0.2, 0) is 0 Å². The van der Waals surface area contributed by atoms with Gasteiger partial charge in [-0.3, -0.25) is 0 Å². The number of aryl methyl sites for hydroxylation is 1. The van der Waals surface area contributed by atoms with Gasteiger partial charge in [-0.25, -0.2) is 0 Å². The van der Waals surface area contributed by atoms with Crippen molar-refractivity contribution in [3.05, 3.63) is 29.8 Å². The van der Waals surface area contributed by atoms with Crippen LogP contribution in [0.1, 0.15) is 51.0 Å². The fourth-order valence-electron chi connectivity index (χ4n) is 2.06. The predicted octanol–water partition coefficient (Wildman–Crippen LogP) is 4.79. The van der Waals surface area contributed by atoms with E-state index in [4.69, 9.17) is 0 Å². The van der Waals surface area contributed by atoms with Gasteiger partial charge in [0.1, 0.15) is 0 Å². The number of benzene rings is 1. The monoisotopic (exact) mass is 233 g/mol. The first kappa shape index (κ1) is 14.1. The van der Waals surface area contributed by atoms with E-state index in [1.807, 2.05) is 0 Å². The fourth-order valence-corrected chi connectivity index (χ4v) is 2.06. The van der Waals surface area contributed by atoms with Gasteiger partial charge in [-0.1, -0.05) is 56.7 Å². The van der Waals surface area contributed by atoms with Crippen molar-refractivity contribution in [2.24, 2.45) is 0 Å². The molecule has 0 atom stereocenters. The van der Waals surface area contributed by atoms with Gasteiger partial charge in [-0.05, 0) is 25.5 Å². The van der Waals surface area contributed by atoms with Crippen LogP contribution in [-0.4, -0.2) is 13.6 Å². The minimum absolute atomic E-state index is 1.18. The summed E-state index contributed by atoms with van der Waals surface area (Å²) in [6, 6.07) is 8.80. The largest absolute Gasteiger partial charge is 0.375 e. The number of nitrogens with zero attached hydrogens (tertiary/aromatic N) is 1. The van der Waals surface area contributed by atoms with Crippen molar-refractivity contribution in [1.82, 2.24) is 0 Å². The van der Waals surface area contributed by atoms with E-state index in [-0.39, 0.29) is 0 Å². The highest BCUT2D eigenvalue weighted by molar-refractivity contribution is 5.46. The average molecular weight is 233 g/mol. The smallest absolute Gasteiger partial charge is 0.0363 e. The van der Waals surface area contributed by atoms with Crippen molar-refractivity contribution >= 4 is 5.69 Å². The van der Waals surface area contributed by atoms with E-state index in [9.17, 15) is 0 Å². The van der Waals surface area contributed by atoms with Gasteiger partial charge in [0.05, 0.1) is 0 Å². The molecular formula is C16H27N. The molecule has 0 aliphatic heterocycles. The summed E-state index contributed by atoms with van der Waals surface area (Å²) in [5, 5.41) is 0. The molecule has 1 nitrogen and oxygen atoms in total. The molecule has 1 heteroatoms. The predicted molar refractivity (Wildman–Crippen MR) is 77.8 cm³/mol. The zero-order chi connectivity index (χ0) is 12.5. The molecule has 1 aromatic carbocycles. The molecule has 0 fully saturated rings. The topological polar surface area (TPSA) is 3.24 Å². The molecule has 96 valence electrons. The van der Waals surface area contributed by atoms with Crippen molar-refractivity contribution in [2.75, 3.05) is 18.5 Å². The Kier molecular flexibility index (Phi) is 6.76. The van der Waals surface area contributed by atoms with Gasteiger partial charge in [0, 0.05) is 19.3 Å². The summed E-state index contributed by atoms with van der Waals surface area (Å²) in [6.45, 7) is 5.58. The van der Waals surface area contributed by atoms with E-state index in [0.717, 1.165) is 0 Å². The molecule has 0 amide bonds. The minimum atomic E-state index is 1.18. The molecule has 0 bridgehead atoms. The van der Waals surface area contributed by atoms with E-state index < -0.39 is 0 Å². The van der Waals surface area contributed by atoms with E-state index in [1.54, 1.807) is 0 Å². The Hall–Kier alpha value is -0.980. The van der Waals surface area contributed by atoms with Crippen LogP contribution in [0.15, 0.2) is 24.3 Å². The lowest BCUT2D eigenvalue weighted by molar-refractivity contribution is 0.606. The van der Waals surface area contributed by atoms with Crippen LogP contribution in [0.25, 0.3) is 0 Å². The van der Waals surface area contributed by atoms with E-state index in [0.29, 0.717) is 0 Å². The number of anilines is 1. The summed E-state index contributed by atoms with van der Waals surface area (Å²) in [7, 11) is 2.19. The molecule has 17 heavy (non-hydrogen) atoms.